The maximum absolute atomic E-state index is 12.0. The first-order valence-corrected chi connectivity index (χ1v) is 7.95. The lowest BCUT2D eigenvalue weighted by molar-refractivity contribution is -0.134. The minimum Gasteiger partial charge on any atom is -0.355 e. The molecule has 1 aliphatic rings. The van der Waals surface area contributed by atoms with Crippen molar-refractivity contribution in [1.29, 1.82) is 0 Å². The maximum Gasteiger partial charge on any atom is 0.232 e. The highest BCUT2D eigenvalue weighted by atomic mass is 32.2. The number of nitrogens with zero attached hydrogens (tertiary/aromatic N) is 1. The number of hydrogen-bond donors (Lipinski definition) is 1. The molecule has 0 aromatic carbocycles. The maximum atomic E-state index is 12.0. The van der Waals surface area contributed by atoms with Crippen LogP contribution in [0, 0.1) is 0 Å². The molecule has 4 nitrogen and oxygen atoms in total. The molecule has 0 spiro atoms. The van der Waals surface area contributed by atoms with Gasteiger partial charge in [0, 0.05) is 25.6 Å². The fourth-order valence-electron chi connectivity index (χ4n) is 2.16. The molecule has 1 saturated heterocycles. The fourth-order valence-corrected chi connectivity index (χ4v) is 2.45. The monoisotopic (exact) mass is 272 g/mol. The Morgan fingerprint density at radius 3 is 2.78 bits per heavy atom. The molecule has 1 N–H and O–H groups in total. The van der Waals surface area contributed by atoms with Gasteiger partial charge >= 0.3 is 0 Å². The molecule has 2 atom stereocenters. The summed E-state index contributed by atoms with van der Waals surface area (Å²) in [7, 11) is 0. The summed E-state index contributed by atoms with van der Waals surface area (Å²) >= 11 is 1.51. The molecule has 0 saturated carbocycles. The molecule has 0 aliphatic carbocycles. The molecule has 104 valence electrons. The first-order valence-electron chi connectivity index (χ1n) is 6.66. The summed E-state index contributed by atoms with van der Waals surface area (Å²) in [4.78, 5) is 25.5. The van der Waals surface area contributed by atoms with Gasteiger partial charge < -0.3 is 10.2 Å². The second-order valence-corrected chi connectivity index (χ2v) is 6.03. The largest absolute Gasteiger partial charge is 0.355 e. The number of carbonyl (C=O) groups is 2. The van der Waals surface area contributed by atoms with Crippen LogP contribution in [0.2, 0.25) is 0 Å². The summed E-state index contributed by atoms with van der Waals surface area (Å²) in [6.07, 6.45) is 5.74. The second kappa shape index (κ2) is 7.67. The number of rotatable bonds is 5. The zero-order valence-corrected chi connectivity index (χ0v) is 12.4. The molecule has 0 radical (unpaired) electrons. The Balaban J connectivity index is 2.26. The highest BCUT2D eigenvalue weighted by Gasteiger charge is 2.22. The third-order valence-electron chi connectivity index (χ3n) is 3.48. The van der Waals surface area contributed by atoms with Crippen LogP contribution in [0.3, 0.4) is 0 Å². The van der Waals surface area contributed by atoms with Crippen LogP contribution in [0.4, 0.5) is 0 Å². The van der Waals surface area contributed by atoms with E-state index in [4.69, 9.17) is 0 Å². The van der Waals surface area contributed by atoms with Gasteiger partial charge in [-0.1, -0.05) is 0 Å². The minimum absolute atomic E-state index is 0.0157. The normalized spacial score (nSPS) is 21.5. The molecule has 18 heavy (non-hydrogen) atoms. The third-order valence-corrected chi connectivity index (χ3v) is 4.41. The van der Waals surface area contributed by atoms with Crippen LogP contribution in [0.25, 0.3) is 0 Å². The predicted octanol–water partition coefficient (Wildman–Crippen LogP) is 1.65. The van der Waals surface area contributed by atoms with E-state index in [1.807, 2.05) is 18.1 Å². The molecule has 0 unspecified atom stereocenters. The first-order chi connectivity index (χ1) is 8.56. The van der Waals surface area contributed by atoms with E-state index in [0.29, 0.717) is 19.0 Å². The van der Waals surface area contributed by atoms with Crippen molar-refractivity contribution in [1.82, 2.24) is 10.2 Å². The molecule has 1 fully saturated rings. The summed E-state index contributed by atoms with van der Waals surface area (Å²) in [6.45, 7) is 5.29. The van der Waals surface area contributed by atoms with Crippen molar-refractivity contribution in [2.45, 2.75) is 50.8 Å². The van der Waals surface area contributed by atoms with Crippen LogP contribution in [0.5, 0.6) is 0 Å². The van der Waals surface area contributed by atoms with Crippen LogP contribution >= 0.6 is 11.8 Å². The Bertz CT molecular complexity index is 297. The molecule has 1 aliphatic heterocycles. The van der Waals surface area contributed by atoms with E-state index < -0.39 is 0 Å². The second-order valence-electron chi connectivity index (χ2n) is 4.85. The van der Waals surface area contributed by atoms with Gasteiger partial charge in [0.05, 0.1) is 5.25 Å². The number of nitrogens with one attached hydrogen (secondary N) is 1. The number of amides is 2. The van der Waals surface area contributed by atoms with Gasteiger partial charge in [0.15, 0.2) is 0 Å². The third kappa shape index (κ3) is 4.52. The first kappa shape index (κ1) is 15.3. The highest BCUT2D eigenvalue weighted by molar-refractivity contribution is 7.99. The van der Waals surface area contributed by atoms with Crippen molar-refractivity contribution in [2.24, 2.45) is 0 Å². The van der Waals surface area contributed by atoms with Gasteiger partial charge in [-0.15, -0.1) is 0 Å². The van der Waals surface area contributed by atoms with E-state index in [9.17, 15) is 9.59 Å². The molecule has 0 aromatic rings. The predicted molar refractivity (Wildman–Crippen MR) is 75.6 cm³/mol. The van der Waals surface area contributed by atoms with Gasteiger partial charge in [0.25, 0.3) is 0 Å². The van der Waals surface area contributed by atoms with E-state index in [0.717, 1.165) is 19.4 Å². The Hall–Kier alpha value is -0.710. The van der Waals surface area contributed by atoms with Gasteiger partial charge in [0.2, 0.25) is 11.8 Å². The van der Waals surface area contributed by atoms with Crippen LogP contribution in [0.1, 0.15) is 39.5 Å². The van der Waals surface area contributed by atoms with Gasteiger partial charge in [-0.25, -0.2) is 0 Å². The van der Waals surface area contributed by atoms with Crippen LogP contribution < -0.4 is 5.32 Å². The van der Waals surface area contributed by atoms with Crippen LogP contribution in [-0.2, 0) is 9.59 Å². The number of likely N-dealkylation sites (tertiary alicyclic amines) is 1. The highest BCUT2D eigenvalue weighted by Crippen LogP contribution is 2.17. The molecular weight excluding hydrogens is 248 g/mol. The lowest BCUT2D eigenvalue weighted by Crippen LogP contribution is -2.43. The summed E-state index contributed by atoms with van der Waals surface area (Å²) in [5, 5.41) is 2.76. The molecule has 1 rings (SSSR count). The lowest BCUT2D eigenvalue weighted by Gasteiger charge is -2.33. The van der Waals surface area contributed by atoms with Crippen LogP contribution in [-0.4, -0.2) is 47.4 Å². The van der Waals surface area contributed by atoms with E-state index in [1.54, 1.807) is 0 Å². The molecular formula is C13H24N2O2S. The SMILES string of the molecule is CS[C@H](C)C(=O)NCCC(=O)N1CCCC[C@@H]1C. The quantitative estimate of drug-likeness (QED) is 0.828. The van der Waals surface area contributed by atoms with Crippen LogP contribution in [0.15, 0.2) is 0 Å². The zero-order valence-electron chi connectivity index (χ0n) is 11.6. The van der Waals surface area contributed by atoms with Crippen molar-refractivity contribution >= 4 is 23.6 Å². The van der Waals surface area contributed by atoms with Crippen molar-refractivity contribution in [3.8, 4) is 0 Å². The smallest absolute Gasteiger partial charge is 0.232 e. The van der Waals surface area contributed by atoms with E-state index in [2.05, 4.69) is 12.2 Å². The summed E-state index contributed by atoms with van der Waals surface area (Å²) in [5.74, 6) is 0.182. The number of thioether (sulfide) groups is 1. The number of carbonyl (C=O) groups excluding carboxylic acids is 2. The molecule has 2 amide bonds. The Morgan fingerprint density at radius 2 is 2.17 bits per heavy atom. The minimum atomic E-state index is -0.0472. The molecule has 5 heteroatoms. The summed E-state index contributed by atoms with van der Waals surface area (Å²) < 4.78 is 0. The van der Waals surface area contributed by atoms with Crippen molar-refractivity contribution < 1.29 is 9.59 Å². The number of piperidine rings is 1. The van der Waals surface area contributed by atoms with Gasteiger partial charge in [0.1, 0.15) is 0 Å². The van der Waals surface area contributed by atoms with Gasteiger partial charge in [-0.3, -0.25) is 9.59 Å². The van der Waals surface area contributed by atoms with E-state index in [-0.39, 0.29) is 17.1 Å². The van der Waals surface area contributed by atoms with Crippen molar-refractivity contribution in [3.63, 3.8) is 0 Å². The van der Waals surface area contributed by atoms with E-state index in [1.165, 1.54) is 18.2 Å². The zero-order chi connectivity index (χ0) is 13.5. The molecule has 1 heterocycles. The average molecular weight is 272 g/mol. The van der Waals surface area contributed by atoms with Crippen molar-refractivity contribution in [2.75, 3.05) is 19.3 Å². The summed E-state index contributed by atoms with van der Waals surface area (Å²) in [6, 6.07) is 0.354. The average Bonchev–Trinajstić information content (AvgIpc) is 2.37. The Labute approximate surface area is 114 Å². The van der Waals surface area contributed by atoms with E-state index >= 15 is 0 Å². The lowest BCUT2D eigenvalue weighted by atomic mass is 10.0. The topological polar surface area (TPSA) is 49.4 Å². The molecule has 0 aromatic heterocycles. The van der Waals surface area contributed by atoms with Crippen molar-refractivity contribution in [3.05, 3.63) is 0 Å². The van der Waals surface area contributed by atoms with Gasteiger partial charge in [-0.2, -0.15) is 11.8 Å². The van der Waals surface area contributed by atoms with Gasteiger partial charge in [-0.05, 0) is 39.4 Å². The number of hydrogen-bond acceptors (Lipinski definition) is 3. The standard InChI is InChI=1S/C13H24N2O2S/c1-10-6-4-5-9-15(10)12(16)7-8-14-13(17)11(2)18-3/h10-11H,4-9H2,1-3H3,(H,14,17)/t10-,11+/m0/s1. The Kier molecular flexibility index (Phi) is 6.54. The fraction of sp³-hybridized carbons (Fsp3) is 0.846. The molecule has 0 bridgehead atoms. The Morgan fingerprint density at radius 1 is 1.44 bits per heavy atom. The summed E-state index contributed by atoms with van der Waals surface area (Å²) in [5.41, 5.74) is 0.